The first kappa shape index (κ1) is 20.9. The number of piperidine rings is 1. The maximum absolute atomic E-state index is 12.5. The second-order valence-electron chi connectivity index (χ2n) is 8.11. The lowest BCUT2D eigenvalue weighted by Crippen LogP contribution is -2.39. The van der Waals surface area contributed by atoms with Crippen LogP contribution in [0, 0.1) is 5.92 Å². The van der Waals surface area contributed by atoms with Gasteiger partial charge in [0.2, 0.25) is 11.8 Å². The van der Waals surface area contributed by atoms with E-state index in [0.29, 0.717) is 30.3 Å². The van der Waals surface area contributed by atoms with Gasteiger partial charge in [0.1, 0.15) is 17.9 Å². The minimum absolute atomic E-state index is 0.110. The molecule has 2 N–H and O–H groups in total. The van der Waals surface area contributed by atoms with Gasteiger partial charge in [-0.05, 0) is 42.9 Å². The zero-order valence-corrected chi connectivity index (χ0v) is 17.6. The molecular formula is C24H28N4O3. The second kappa shape index (κ2) is 9.64. The van der Waals surface area contributed by atoms with Crippen LogP contribution in [0.3, 0.4) is 0 Å². The number of benzene rings is 1. The summed E-state index contributed by atoms with van der Waals surface area (Å²) in [4.78, 5) is 30.0. The lowest BCUT2D eigenvalue weighted by Gasteiger charge is -2.32. The summed E-state index contributed by atoms with van der Waals surface area (Å²) in [5.74, 6) is 0.974. The number of aromatic nitrogens is 2. The molecule has 0 radical (unpaired) electrons. The van der Waals surface area contributed by atoms with E-state index < -0.39 is 5.91 Å². The lowest BCUT2D eigenvalue weighted by molar-refractivity contribution is -0.132. The predicted octanol–water partition coefficient (Wildman–Crippen LogP) is 2.77. The summed E-state index contributed by atoms with van der Waals surface area (Å²) < 4.78 is 7.71. The van der Waals surface area contributed by atoms with E-state index in [9.17, 15) is 9.59 Å². The molecule has 2 amide bonds. The molecule has 1 saturated heterocycles. The van der Waals surface area contributed by atoms with Crippen LogP contribution in [-0.2, 0) is 22.6 Å². The number of primary amides is 1. The third-order valence-corrected chi connectivity index (χ3v) is 5.83. The number of aryl methyl sites for hydroxylation is 1. The van der Waals surface area contributed by atoms with Crippen molar-refractivity contribution in [3.05, 3.63) is 60.4 Å². The summed E-state index contributed by atoms with van der Waals surface area (Å²) in [5.41, 5.74) is 7.19. The Morgan fingerprint density at radius 3 is 2.65 bits per heavy atom. The average Bonchev–Trinajstić information content (AvgIpc) is 3.18. The molecule has 1 aliphatic heterocycles. The fourth-order valence-corrected chi connectivity index (χ4v) is 4.05. The number of nitrogens with two attached hydrogens (primary N) is 1. The number of carbonyl (C=O) groups is 2. The number of nitrogens with zero attached hydrogens (tertiary/aromatic N) is 3. The van der Waals surface area contributed by atoms with Crippen molar-refractivity contribution in [2.75, 3.05) is 19.7 Å². The smallest absolute Gasteiger partial charge is 0.237 e. The van der Waals surface area contributed by atoms with Gasteiger partial charge in [0.15, 0.2) is 0 Å². The van der Waals surface area contributed by atoms with Crippen LogP contribution in [0.5, 0.6) is 5.75 Å². The van der Waals surface area contributed by atoms with Gasteiger partial charge in [0.25, 0.3) is 0 Å². The van der Waals surface area contributed by atoms with Crippen molar-refractivity contribution < 1.29 is 14.3 Å². The normalized spacial score (nSPS) is 14.6. The van der Waals surface area contributed by atoms with Crippen molar-refractivity contribution in [1.82, 2.24) is 14.5 Å². The zero-order valence-electron chi connectivity index (χ0n) is 17.6. The Kier molecular flexibility index (Phi) is 6.50. The van der Waals surface area contributed by atoms with Gasteiger partial charge in [-0.3, -0.25) is 9.59 Å². The molecule has 0 bridgehead atoms. The quantitative estimate of drug-likeness (QED) is 0.607. The van der Waals surface area contributed by atoms with Crippen LogP contribution in [0.4, 0.5) is 0 Å². The van der Waals surface area contributed by atoms with Crippen LogP contribution in [0.1, 0.15) is 24.8 Å². The summed E-state index contributed by atoms with van der Waals surface area (Å²) in [5, 5.41) is 0.914. The zero-order chi connectivity index (χ0) is 21.6. The number of rotatable bonds is 8. The number of ether oxygens (including phenoxy) is 1. The Morgan fingerprint density at radius 2 is 1.90 bits per heavy atom. The van der Waals surface area contributed by atoms with Crippen LogP contribution >= 0.6 is 0 Å². The highest BCUT2D eigenvalue weighted by Crippen LogP contribution is 2.23. The Morgan fingerprint density at radius 1 is 1.13 bits per heavy atom. The molecule has 0 atom stereocenters. The van der Waals surface area contributed by atoms with Crippen LogP contribution in [0.15, 0.2) is 54.9 Å². The molecule has 162 valence electrons. The Bertz CT molecular complexity index is 1040. The lowest BCUT2D eigenvalue weighted by atomic mass is 9.97. The number of fused-ring (bicyclic) bond motifs is 1. The summed E-state index contributed by atoms with van der Waals surface area (Å²) in [6.07, 6.45) is 6.73. The molecule has 0 unspecified atom stereocenters. The van der Waals surface area contributed by atoms with E-state index in [-0.39, 0.29) is 12.5 Å². The first-order valence-electron chi connectivity index (χ1n) is 10.8. The standard InChI is InChI=1S/C24H28N4O3/c25-22(29)16-28-13-10-20-14-21(15-26-24(20)28)31-17-19-8-11-27(12-9-19)23(30)7-6-18-4-2-1-3-5-18/h1-5,10,13-15,19H,6-9,11-12,16-17H2,(H2,25,29). The maximum Gasteiger partial charge on any atom is 0.237 e. The highest BCUT2D eigenvalue weighted by molar-refractivity contribution is 5.80. The number of hydrogen-bond donors (Lipinski definition) is 1. The predicted molar refractivity (Wildman–Crippen MR) is 118 cm³/mol. The summed E-state index contributed by atoms with van der Waals surface area (Å²) >= 11 is 0. The molecule has 0 spiro atoms. The third kappa shape index (κ3) is 5.42. The largest absolute Gasteiger partial charge is 0.492 e. The van der Waals surface area contributed by atoms with Gasteiger partial charge in [-0.2, -0.15) is 0 Å². The van der Waals surface area contributed by atoms with Gasteiger partial charge in [0, 0.05) is 31.1 Å². The Hall–Kier alpha value is -3.35. The SMILES string of the molecule is NC(=O)Cn1ccc2cc(OCC3CCN(C(=O)CCc4ccccc4)CC3)cnc21. The fraction of sp³-hybridized carbons (Fsp3) is 0.375. The molecule has 7 heteroatoms. The van der Waals surface area contributed by atoms with E-state index in [0.717, 1.165) is 37.7 Å². The van der Waals surface area contributed by atoms with E-state index in [1.807, 2.05) is 35.2 Å². The van der Waals surface area contributed by atoms with Crippen molar-refractivity contribution in [2.24, 2.45) is 11.7 Å². The molecule has 0 saturated carbocycles. The van der Waals surface area contributed by atoms with Gasteiger partial charge in [-0.25, -0.2) is 4.98 Å². The molecule has 3 aromatic rings. The topological polar surface area (TPSA) is 90.5 Å². The van der Waals surface area contributed by atoms with Crippen LogP contribution < -0.4 is 10.5 Å². The van der Waals surface area contributed by atoms with Crippen LogP contribution in [-0.4, -0.2) is 46.0 Å². The molecule has 0 aliphatic carbocycles. The van der Waals surface area contributed by atoms with Crippen molar-refractivity contribution in [3.8, 4) is 5.75 Å². The van der Waals surface area contributed by atoms with E-state index >= 15 is 0 Å². The van der Waals surface area contributed by atoms with Crippen LogP contribution in [0.25, 0.3) is 11.0 Å². The van der Waals surface area contributed by atoms with Crippen molar-refractivity contribution in [1.29, 1.82) is 0 Å². The van der Waals surface area contributed by atoms with Gasteiger partial charge in [-0.1, -0.05) is 30.3 Å². The monoisotopic (exact) mass is 420 g/mol. The van der Waals surface area contributed by atoms with Gasteiger partial charge in [-0.15, -0.1) is 0 Å². The van der Waals surface area contributed by atoms with E-state index in [4.69, 9.17) is 10.5 Å². The summed E-state index contributed by atoms with van der Waals surface area (Å²) in [6.45, 7) is 2.30. The number of amides is 2. The molecule has 1 aliphatic rings. The minimum Gasteiger partial charge on any atom is -0.492 e. The van der Waals surface area contributed by atoms with Crippen LogP contribution in [0.2, 0.25) is 0 Å². The number of likely N-dealkylation sites (tertiary alicyclic amines) is 1. The molecular weight excluding hydrogens is 392 g/mol. The third-order valence-electron chi connectivity index (χ3n) is 5.83. The van der Waals surface area contributed by atoms with Gasteiger partial charge < -0.3 is 19.9 Å². The van der Waals surface area contributed by atoms with Gasteiger partial charge in [0.05, 0.1) is 12.8 Å². The molecule has 1 fully saturated rings. The molecule has 3 heterocycles. The number of pyridine rings is 1. The number of hydrogen-bond acceptors (Lipinski definition) is 4. The summed E-state index contributed by atoms with van der Waals surface area (Å²) in [7, 11) is 0. The van der Waals surface area contributed by atoms with Crippen molar-refractivity contribution >= 4 is 22.8 Å². The molecule has 2 aromatic heterocycles. The first-order valence-corrected chi connectivity index (χ1v) is 10.8. The minimum atomic E-state index is -0.399. The summed E-state index contributed by atoms with van der Waals surface area (Å²) in [6, 6.07) is 14.0. The van der Waals surface area contributed by atoms with Crippen molar-refractivity contribution in [3.63, 3.8) is 0 Å². The first-order chi connectivity index (χ1) is 15.1. The van der Waals surface area contributed by atoms with E-state index in [1.54, 1.807) is 17.0 Å². The molecule has 1 aromatic carbocycles. The fourth-order valence-electron chi connectivity index (χ4n) is 4.05. The van der Waals surface area contributed by atoms with Crippen molar-refractivity contribution in [2.45, 2.75) is 32.2 Å². The Labute approximate surface area is 181 Å². The van der Waals surface area contributed by atoms with Gasteiger partial charge >= 0.3 is 0 Å². The highest BCUT2D eigenvalue weighted by atomic mass is 16.5. The van der Waals surface area contributed by atoms with E-state index in [1.165, 1.54) is 5.56 Å². The maximum atomic E-state index is 12.5. The molecule has 4 rings (SSSR count). The Balaban J connectivity index is 1.23. The second-order valence-corrected chi connectivity index (χ2v) is 8.11. The van der Waals surface area contributed by atoms with E-state index in [2.05, 4.69) is 17.1 Å². The average molecular weight is 421 g/mol. The molecule has 7 nitrogen and oxygen atoms in total. The number of carbonyl (C=O) groups excluding carboxylic acids is 2. The molecule has 31 heavy (non-hydrogen) atoms. The highest BCUT2D eigenvalue weighted by Gasteiger charge is 2.23.